The van der Waals surface area contributed by atoms with E-state index in [1.54, 1.807) is 0 Å². The van der Waals surface area contributed by atoms with Crippen LogP contribution in [-0.4, -0.2) is 6.61 Å². The first-order valence-electron chi connectivity index (χ1n) is 8.77. The van der Waals surface area contributed by atoms with Crippen LogP contribution in [0, 0.1) is 0 Å². The van der Waals surface area contributed by atoms with Crippen LogP contribution in [-0.2, 0) is 13.2 Å². The number of hydrogen-bond acceptors (Lipinski definition) is 3. The monoisotopic (exact) mass is 445 g/mol. The highest BCUT2D eigenvalue weighted by atomic mass is 79.9. The van der Waals surface area contributed by atoms with Crippen molar-refractivity contribution in [3.63, 3.8) is 0 Å². The highest BCUT2D eigenvalue weighted by Gasteiger charge is 2.13. The minimum Gasteiger partial charge on any atom is -0.490 e. The summed E-state index contributed by atoms with van der Waals surface area (Å²) in [7, 11) is 0. The summed E-state index contributed by atoms with van der Waals surface area (Å²) in [6.45, 7) is 3.69. The molecule has 0 bridgehead atoms. The number of benzene rings is 3. The van der Waals surface area contributed by atoms with Gasteiger partial charge in [0.15, 0.2) is 11.5 Å². The Morgan fingerprint density at radius 2 is 1.67 bits per heavy atom. The fourth-order valence-corrected chi connectivity index (χ4v) is 3.36. The van der Waals surface area contributed by atoms with Gasteiger partial charge in [-0.25, -0.2) is 0 Å². The molecule has 0 saturated heterocycles. The Morgan fingerprint density at radius 1 is 0.926 bits per heavy atom. The van der Waals surface area contributed by atoms with E-state index in [4.69, 9.17) is 21.1 Å². The number of ether oxygens (including phenoxy) is 2. The Bertz CT molecular complexity index is 869. The fraction of sp³-hybridized carbons (Fsp3) is 0.182. The van der Waals surface area contributed by atoms with Gasteiger partial charge in [0.25, 0.3) is 0 Å². The molecular formula is C22H21BrClNO2. The quantitative estimate of drug-likeness (QED) is 0.418. The van der Waals surface area contributed by atoms with Crippen molar-refractivity contribution in [2.75, 3.05) is 11.9 Å². The molecule has 27 heavy (non-hydrogen) atoms. The summed E-state index contributed by atoms with van der Waals surface area (Å²) in [5.74, 6) is 1.45. The van der Waals surface area contributed by atoms with E-state index in [9.17, 15) is 0 Å². The van der Waals surface area contributed by atoms with Gasteiger partial charge in [0, 0.05) is 17.3 Å². The maximum absolute atomic E-state index is 6.03. The smallest absolute Gasteiger partial charge is 0.175 e. The molecule has 0 fully saturated rings. The highest BCUT2D eigenvalue weighted by molar-refractivity contribution is 9.10. The van der Waals surface area contributed by atoms with E-state index < -0.39 is 0 Å². The number of rotatable bonds is 8. The summed E-state index contributed by atoms with van der Waals surface area (Å²) in [6.07, 6.45) is 0. The van der Waals surface area contributed by atoms with Gasteiger partial charge >= 0.3 is 0 Å². The Labute approximate surface area is 173 Å². The van der Waals surface area contributed by atoms with E-state index in [1.807, 2.05) is 73.7 Å². The van der Waals surface area contributed by atoms with Crippen LogP contribution in [0.4, 0.5) is 5.69 Å². The molecule has 3 aromatic carbocycles. The van der Waals surface area contributed by atoms with Crippen molar-refractivity contribution in [2.45, 2.75) is 20.1 Å². The van der Waals surface area contributed by atoms with E-state index in [0.717, 1.165) is 37.8 Å². The van der Waals surface area contributed by atoms with Gasteiger partial charge in [-0.15, -0.1) is 0 Å². The number of hydrogen-bond donors (Lipinski definition) is 1. The van der Waals surface area contributed by atoms with Crippen LogP contribution in [0.3, 0.4) is 0 Å². The van der Waals surface area contributed by atoms with Gasteiger partial charge in [-0.05, 0) is 70.4 Å². The second-order valence-electron chi connectivity index (χ2n) is 5.97. The van der Waals surface area contributed by atoms with Crippen molar-refractivity contribution in [2.24, 2.45) is 0 Å². The average molecular weight is 447 g/mol. The van der Waals surface area contributed by atoms with Crippen molar-refractivity contribution in [1.29, 1.82) is 0 Å². The van der Waals surface area contributed by atoms with E-state index in [1.165, 1.54) is 0 Å². The lowest BCUT2D eigenvalue weighted by atomic mass is 10.2. The summed E-state index contributed by atoms with van der Waals surface area (Å²) in [4.78, 5) is 0. The van der Waals surface area contributed by atoms with E-state index in [-0.39, 0.29) is 0 Å². The molecule has 3 aromatic rings. The summed E-state index contributed by atoms with van der Waals surface area (Å²) in [6, 6.07) is 21.8. The minimum absolute atomic E-state index is 0.488. The second-order valence-corrected chi connectivity index (χ2v) is 7.26. The number of anilines is 1. The SMILES string of the molecule is CCOc1cc(CNc2ccc(Cl)cc2)cc(Br)c1OCc1ccccc1. The molecule has 0 aliphatic carbocycles. The van der Waals surface area contributed by atoms with Crippen LogP contribution in [0.15, 0.2) is 71.2 Å². The molecule has 5 heteroatoms. The Hall–Kier alpha value is -2.17. The first-order valence-corrected chi connectivity index (χ1v) is 9.94. The van der Waals surface area contributed by atoms with Gasteiger partial charge in [-0.1, -0.05) is 41.9 Å². The lowest BCUT2D eigenvalue weighted by molar-refractivity contribution is 0.267. The zero-order valence-electron chi connectivity index (χ0n) is 15.0. The fourth-order valence-electron chi connectivity index (χ4n) is 2.63. The Kier molecular flexibility index (Phi) is 7.02. The Balaban J connectivity index is 1.73. The summed E-state index contributed by atoms with van der Waals surface area (Å²) >= 11 is 9.56. The molecule has 0 aliphatic heterocycles. The van der Waals surface area contributed by atoms with Crippen molar-refractivity contribution < 1.29 is 9.47 Å². The first kappa shape index (κ1) is 19.6. The predicted octanol–water partition coefficient (Wildman–Crippen LogP) is 6.69. The van der Waals surface area contributed by atoms with Crippen LogP contribution in [0.25, 0.3) is 0 Å². The third kappa shape index (κ3) is 5.65. The summed E-state index contributed by atoms with van der Waals surface area (Å²) < 4.78 is 12.7. The molecule has 3 nitrogen and oxygen atoms in total. The van der Waals surface area contributed by atoms with Gasteiger partial charge in [-0.3, -0.25) is 0 Å². The zero-order valence-corrected chi connectivity index (χ0v) is 17.4. The molecule has 140 valence electrons. The summed E-state index contributed by atoms with van der Waals surface area (Å²) in [5, 5.41) is 4.11. The van der Waals surface area contributed by atoms with Crippen molar-refractivity contribution in [1.82, 2.24) is 0 Å². The van der Waals surface area contributed by atoms with Crippen LogP contribution < -0.4 is 14.8 Å². The minimum atomic E-state index is 0.488. The second kappa shape index (κ2) is 9.67. The van der Waals surface area contributed by atoms with Gasteiger partial charge in [0.2, 0.25) is 0 Å². The third-order valence-electron chi connectivity index (χ3n) is 3.94. The molecule has 0 aliphatic rings. The number of halogens is 2. The zero-order chi connectivity index (χ0) is 19.1. The molecule has 0 unspecified atom stereocenters. The van der Waals surface area contributed by atoms with Crippen LogP contribution >= 0.6 is 27.5 Å². The molecule has 1 N–H and O–H groups in total. The molecular weight excluding hydrogens is 426 g/mol. The first-order chi connectivity index (χ1) is 13.2. The lowest BCUT2D eigenvalue weighted by Crippen LogP contribution is -2.04. The van der Waals surface area contributed by atoms with Crippen LogP contribution in [0.2, 0.25) is 5.02 Å². The molecule has 0 atom stereocenters. The maximum atomic E-state index is 6.03. The number of nitrogens with one attached hydrogen (secondary N) is 1. The molecule has 3 rings (SSSR count). The van der Waals surface area contributed by atoms with Crippen LogP contribution in [0.5, 0.6) is 11.5 Å². The molecule has 0 heterocycles. The summed E-state index contributed by atoms with van der Waals surface area (Å²) in [5.41, 5.74) is 3.21. The van der Waals surface area contributed by atoms with Gasteiger partial charge in [0.05, 0.1) is 11.1 Å². The van der Waals surface area contributed by atoms with Crippen LogP contribution in [0.1, 0.15) is 18.1 Å². The Morgan fingerprint density at radius 3 is 2.37 bits per heavy atom. The molecule has 0 radical (unpaired) electrons. The van der Waals surface area contributed by atoms with Crippen molar-refractivity contribution >= 4 is 33.2 Å². The molecule has 0 spiro atoms. The topological polar surface area (TPSA) is 30.5 Å². The molecule has 0 amide bonds. The van der Waals surface area contributed by atoms with Crippen molar-refractivity contribution in [3.8, 4) is 11.5 Å². The average Bonchev–Trinajstić information content (AvgIpc) is 2.68. The van der Waals surface area contributed by atoms with Gasteiger partial charge in [-0.2, -0.15) is 0 Å². The maximum Gasteiger partial charge on any atom is 0.175 e. The van der Waals surface area contributed by atoms with E-state index in [2.05, 4.69) is 21.2 Å². The molecule has 0 saturated carbocycles. The largest absolute Gasteiger partial charge is 0.490 e. The van der Waals surface area contributed by atoms with E-state index >= 15 is 0 Å². The van der Waals surface area contributed by atoms with Crippen molar-refractivity contribution in [3.05, 3.63) is 87.4 Å². The van der Waals surface area contributed by atoms with E-state index in [0.29, 0.717) is 19.8 Å². The third-order valence-corrected chi connectivity index (χ3v) is 4.78. The highest BCUT2D eigenvalue weighted by Crippen LogP contribution is 2.37. The lowest BCUT2D eigenvalue weighted by Gasteiger charge is -2.16. The normalized spacial score (nSPS) is 10.5. The predicted molar refractivity (Wildman–Crippen MR) is 115 cm³/mol. The standard InChI is InChI=1S/C22H21BrClNO2/c1-2-26-21-13-17(14-25-19-10-8-18(24)9-11-19)12-20(23)22(21)27-15-16-6-4-3-5-7-16/h3-13,25H,2,14-15H2,1H3. The van der Waals surface area contributed by atoms with Gasteiger partial charge < -0.3 is 14.8 Å². The van der Waals surface area contributed by atoms with Gasteiger partial charge in [0.1, 0.15) is 6.61 Å². The molecule has 0 aromatic heterocycles.